The standard InChI is InChI=1S/C21H25FN2O2/c1-15(25)24(17-9-7-8-16(22)14-17)13-12-20(26)23-19-11-6-5-10-18(19)21(2,3)4/h5-11,14H,12-13H2,1-4H3,(H,23,26). The summed E-state index contributed by atoms with van der Waals surface area (Å²) in [6, 6.07) is 13.5. The van der Waals surface area contributed by atoms with Gasteiger partial charge in [0.2, 0.25) is 11.8 Å². The van der Waals surface area contributed by atoms with Gasteiger partial charge in [-0.25, -0.2) is 4.39 Å². The lowest BCUT2D eigenvalue weighted by Crippen LogP contribution is -2.32. The molecule has 1 N–H and O–H groups in total. The summed E-state index contributed by atoms with van der Waals surface area (Å²) < 4.78 is 13.4. The zero-order chi connectivity index (χ0) is 19.3. The Bertz CT molecular complexity index is 797. The molecule has 0 aliphatic rings. The van der Waals surface area contributed by atoms with Crippen molar-refractivity contribution in [1.82, 2.24) is 0 Å². The van der Waals surface area contributed by atoms with Gasteiger partial charge in [0, 0.05) is 31.3 Å². The van der Waals surface area contributed by atoms with Crippen LogP contribution in [-0.2, 0) is 15.0 Å². The largest absolute Gasteiger partial charge is 0.326 e. The minimum atomic E-state index is -0.419. The number of nitrogens with zero attached hydrogens (tertiary/aromatic N) is 1. The molecule has 0 heterocycles. The second-order valence-electron chi connectivity index (χ2n) is 7.24. The fraction of sp³-hybridized carbons (Fsp3) is 0.333. The molecule has 0 aliphatic heterocycles. The van der Waals surface area contributed by atoms with Crippen molar-refractivity contribution in [2.45, 2.75) is 39.5 Å². The van der Waals surface area contributed by atoms with E-state index in [-0.39, 0.29) is 30.2 Å². The highest BCUT2D eigenvalue weighted by Gasteiger charge is 2.19. The summed E-state index contributed by atoms with van der Waals surface area (Å²) >= 11 is 0. The number of anilines is 2. The van der Waals surface area contributed by atoms with Gasteiger partial charge in [-0.1, -0.05) is 45.0 Å². The van der Waals surface area contributed by atoms with Crippen molar-refractivity contribution in [3.8, 4) is 0 Å². The van der Waals surface area contributed by atoms with E-state index >= 15 is 0 Å². The second kappa shape index (κ2) is 8.13. The van der Waals surface area contributed by atoms with Gasteiger partial charge in [0.25, 0.3) is 0 Å². The maximum Gasteiger partial charge on any atom is 0.226 e. The van der Waals surface area contributed by atoms with E-state index in [0.717, 1.165) is 11.3 Å². The third-order valence-corrected chi connectivity index (χ3v) is 4.07. The average molecular weight is 356 g/mol. The molecule has 0 spiro atoms. The summed E-state index contributed by atoms with van der Waals surface area (Å²) in [6.45, 7) is 7.83. The summed E-state index contributed by atoms with van der Waals surface area (Å²) in [4.78, 5) is 25.7. The van der Waals surface area contributed by atoms with E-state index in [2.05, 4.69) is 26.1 Å². The van der Waals surface area contributed by atoms with Crippen molar-refractivity contribution in [2.75, 3.05) is 16.8 Å². The Kier molecular flexibility index (Phi) is 6.14. The van der Waals surface area contributed by atoms with Crippen LogP contribution < -0.4 is 10.2 Å². The van der Waals surface area contributed by atoms with Crippen LogP contribution in [0.2, 0.25) is 0 Å². The van der Waals surface area contributed by atoms with Gasteiger partial charge in [-0.3, -0.25) is 9.59 Å². The lowest BCUT2D eigenvalue weighted by atomic mass is 9.86. The van der Waals surface area contributed by atoms with Gasteiger partial charge in [-0.2, -0.15) is 0 Å². The number of nitrogens with one attached hydrogen (secondary N) is 1. The van der Waals surface area contributed by atoms with E-state index in [1.165, 1.54) is 24.0 Å². The minimum absolute atomic E-state index is 0.100. The van der Waals surface area contributed by atoms with Crippen molar-refractivity contribution in [3.05, 3.63) is 59.9 Å². The molecule has 2 rings (SSSR count). The lowest BCUT2D eigenvalue weighted by molar-refractivity contribution is -0.117. The van der Waals surface area contributed by atoms with Gasteiger partial charge in [0.05, 0.1) is 0 Å². The van der Waals surface area contributed by atoms with Gasteiger partial charge in [0.15, 0.2) is 0 Å². The molecule has 0 unspecified atom stereocenters. The summed E-state index contributed by atoms with van der Waals surface area (Å²) in [7, 11) is 0. The van der Waals surface area contributed by atoms with E-state index in [4.69, 9.17) is 0 Å². The summed E-state index contributed by atoms with van der Waals surface area (Å²) in [5.74, 6) is -0.847. The van der Waals surface area contributed by atoms with Gasteiger partial charge < -0.3 is 10.2 Å². The number of carbonyl (C=O) groups excluding carboxylic acids is 2. The van der Waals surface area contributed by atoms with E-state index in [9.17, 15) is 14.0 Å². The molecule has 0 radical (unpaired) electrons. The molecule has 0 bridgehead atoms. The topological polar surface area (TPSA) is 49.4 Å². The van der Waals surface area contributed by atoms with Crippen LogP contribution >= 0.6 is 0 Å². The quantitative estimate of drug-likeness (QED) is 0.857. The number of para-hydroxylation sites is 1. The Morgan fingerprint density at radius 2 is 1.77 bits per heavy atom. The molecule has 0 saturated carbocycles. The van der Waals surface area contributed by atoms with Crippen LogP contribution in [0.25, 0.3) is 0 Å². The number of rotatable bonds is 5. The maximum absolute atomic E-state index is 13.4. The van der Waals surface area contributed by atoms with Crippen LogP contribution in [0.1, 0.15) is 39.7 Å². The molecule has 26 heavy (non-hydrogen) atoms. The fourth-order valence-electron chi connectivity index (χ4n) is 2.78. The molecular weight excluding hydrogens is 331 g/mol. The molecule has 2 amide bonds. The molecule has 4 nitrogen and oxygen atoms in total. The Morgan fingerprint density at radius 1 is 1.08 bits per heavy atom. The Morgan fingerprint density at radius 3 is 2.38 bits per heavy atom. The number of carbonyl (C=O) groups is 2. The smallest absolute Gasteiger partial charge is 0.226 e. The Labute approximate surface area is 154 Å². The minimum Gasteiger partial charge on any atom is -0.326 e. The van der Waals surface area contributed by atoms with Crippen molar-refractivity contribution in [3.63, 3.8) is 0 Å². The van der Waals surface area contributed by atoms with Crippen LogP contribution in [0.3, 0.4) is 0 Å². The fourth-order valence-corrected chi connectivity index (χ4v) is 2.78. The molecule has 2 aromatic rings. The van der Waals surface area contributed by atoms with E-state index in [0.29, 0.717) is 5.69 Å². The van der Waals surface area contributed by atoms with Crippen LogP contribution in [0.4, 0.5) is 15.8 Å². The van der Waals surface area contributed by atoms with Crippen LogP contribution in [0.5, 0.6) is 0 Å². The predicted molar refractivity (Wildman–Crippen MR) is 103 cm³/mol. The second-order valence-corrected chi connectivity index (χ2v) is 7.24. The van der Waals surface area contributed by atoms with Crippen LogP contribution in [0, 0.1) is 5.82 Å². The molecule has 0 aromatic heterocycles. The molecule has 138 valence electrons. The van der Waals surface area contributed by atoms with E-state index < -0.39 is 5.82 Å². The molecule has 0 atom stereocenters. The maximum atomic E-state index is 13.4. The summed E-state index contributed by atoms with van der Waals surface area (Å²) in [5.41, 5.74) is 2.16. The van der Waals surface area contributed by atoms with Crippen LogP contribution in [-0.4, -0.2) is 18.4 Å². The third kappa shape index (κ3) is 5.15. The summed E-state index contributed by atoms with van der Waals surface area (Å²) in [6.07, 6.45) is 0.120. The third-order valence-electron chi connectivity index (χ3n) is 4.07. The average Bonchev–Trinajstić information content (AvgIpc) is 2.54. The molecule has 0 aliphatic carbocycles. The molecule has 5 heteroatoms. The predicted octanol–water partition coefficient (Wildman–Crippen LogP) is 4.50. The molecular formula is C21H25FN2O2. The molecule has 0 fully saturated rings. The van der Waals surface area contributed by atoms with E-state index in [1.54, 1.807) is 12.1 Å². The Hall–Kier alpha value is -2.69. The Balaban J connectivity index is 2.07. The van der Waals surface area contributed by atoms with Crippen molar-refractivity contribution >= 4 is 23.2 Å². The van der Waals surface area contributed by atoms with Crippen molar-refractivity contribution in [2.24, 2.45) is 0 Å². The van der Waals surface area contributed by atoms with Crippen LogP contribution in [0.15, 0.2) is 48.5 Å². The number of hydrogen-bond acceptors (Lipinski definition) is 2. The monoisotopic (exact) mass is 356 g/mol. The van der Waals surface area contributed by atoms with Gasteiger partial charge in [-0.15, -0.1) is 0 Å². The van der Waals surface area contributed by atoms with Gasteiger partial charge in [0.1, 0.15) is 5.82 Å². The zero-order valence-corrected chi connectivity index (χ0v) is 15.7. The highest BCUT2D eigenvalue weighted by molar-refractivity contribution is 5.95. The van der Waals surface area contributed by atoms with Crippen molar-refractivity contribution in [1.29, 1.82) is 0 Å². The van der Waals surface area contributed by atoms with Crippen molar-refractivity contribution < 1.29 is 14.0 Å². The first-order valence-electron chi connectivity index (χ1n) is 8.61. The normalized spacial score (nSPS) is 11.1. The van der Waals surface area contributed by atoms with Gasteiger partial charge in [-0.05, 0) is 35.2 Å². The number of amides is 2. The number of benzene rings is 2. The number of halogens is 1. The zero-order valence-electron chi connectivity index (χ0n) is 15.7. The first-order valence-corrected chi connectivity index (χ1v) is 8.61. The number of hydrogen-bond donors (Lipinski definition) is 1. The molecule has 0 saturated heterocycles. The highest BCUT2D eigenvalue weighted by Crippen LogP contribution is 2.29. The van der Waals surface area contributed by atoms with Gasteiger partial charge >= 0.3 is 0 Å². The van der Waals surface area contributed by atoms with E-state index in [1.807, 2.05) is 24.3 Å². The highest BCUT2D eigenvalue weighted by atomic mass is 19.1. The SMILES string of the molecule is CC(=O)N(CCC(=O)Nc1ccccc1C(C)(C)C)c1cccc(F)c1. The lowest BCUT2D eigenvalue weighted by Gasteiger charge is -2.24. The first kappa shape index (κ1) is 19.6. The first-order chi connectivity index (χ1) is 12.2. The molecule has 2 aromatic carbocycles. The summed E-state index contributed by atoms with van der Waals surface area (Å²) in [5, 5.41) is 2.92.